The molecule has 2 N–H and O–H groups in total. The van der Waals surface area contributed by atoms with Gasteiger partial charge >= 0.3 is 0 Å². The maximum absolute atomic E-state index is 13.2. The average molecular weight is 443 g/mol. The van der Waals surface area contributed by atoms with Gasteiger partial charge in [0.2, 0.25) is 5.91 Å². The highest BCUT2D eigenvalue weighted by atomic mass is 16.3. The average Bonchev–Trinajstić information content (AvgIpc) is 2.81. The van der Waals surface area contributed by atoms with Crippen LogP contribution in [0.3, 0.4) is 0 Å². The smallest absolute Gasteiger partial charge is 0.254 e. The largest absolute Gasteiger partial charge is 0.392 e. The summed E-state index contributed by atoms with van der Waals surface area (Å²) in [6, 6.07) is -0.0118. The van der Waals surface area contributed by atoms with Crippen molar-refractivity contribution < 1.29 is 14.7 Å². The van der Waals surface area contributed by atoms with Gasteiger partial charge in [-0.2, -0.15) is 0 Å². The fraction of sp³-hybridized carbons (Fsp3) is 0.760. The number of fused-ring (bicyclic) bond motifs is 1. The van der Waals surface area contributed by atoms with Crippen molar-refractivity contribution >= 4 is 11.8 Å². The fourth-order valence-corrected chi connectivity index (χ4v) is 6.75. The molecule has 1 aliphatic heterocycles. The van der Waals surface area contributed by atoms with Crippen molar-refractivity contribution in [1.29, 1.82) is 0 Å². The summed E-state index contributed by atoms with van der Waals surface area (Å²) in [5.74, 6) is 0.0239. The summed E-state index contributed by atoms with van der Waals surface area (Å²) in [5.41, 5.74) is 0.496. The maximum Gasteiger partial charge on any atom is 0.254 e. The summed E-state index contributed by atoms with van der Waals surface area (Å²) >= 11 is 0. The molecule has 7 nitrogen and oxygen atoms in total. The summed E-state index contributed by atoms with van der Waals surface area (Å²) in [5, 5.41) is 14.8. The number of amides is 2. The maximum atomic E-state index is 13.2. The van der Waals surface area contributed by atoms with Gasteiger partial charge in [0.25, 0.3) is 5.91 Å². The molecule has 1 aromatic heterocycles. The Bertz CT molecular complexity index is 813. The van der Waals surface area contributed by atoms with Gasteiger partial charge in [-0.15, -0.1) is 0 Å². The van der Waals surface area contributed by atoms with E-state index in [1.54, 1.807) is 0 Å². The quantitative estimate of drug-likeness (QED) is 0.747. The number of piperidine rings is 1. The number of hydrogen-bond acceptors (Lipinski definition) is 5. The highest BCUT2D eigenvalue weighted by molar-refractivity contribution is 5.93. The van der Waals surface area contributed by atoms with E-state index < -0.39 is 6.10 Å². The zero-order chi connectivity index (χ0) is 22.9. The fourth-order valence-electron chi connectivity index (χ4n) is 6.75. The van der Waals surface area contributed by atoms with Gasteiger partial charge in [0.15, 0.2) is 0 Å². The number of nitrogens with zero attached hydrogens (tertiary/aromatic N) is 3. The van der Waals surface area contributed by atoms with Gasteiger partial charge in [-0.05, 0) is 68.1 Å². The molecular formula is C25H38N4O3. The molecule has 0 spiro atoms. The van der Waals surface area contributed by atoms with Gasteiger partial charge < -0.3 is 15.3 Å². The number of aliphatic hydroxyl groups excluding tert-OH is 1. The second-order valence-electron chi connectivity index (χ2n) is 10.7. The van der Waals surface area contributed by atoms with Gasteiger partial charge in [-0.25, -0.2) is 9.97 Å². The van der Waals surface area contributed by atoms with Gasteiger partial charge in [0.1, 0.15) is 6.33 Å². The Morgan fingerprint density at radius 3 is 2.50 bits per heavy atom. The van der Waals surface area contributed by atoms with Crippen molar-refractivity contribution in [2.75, 3.05) is 13.1 Å². The molecule has 2 amide bonds. The van der Waals surface area contributed by atoms with Gasteiger partial charge in [0.05, 0.1) is 11.7 Å². The van der Waals surface area contributed by atoms with Crippen molar-refractivity contribution in [3.8, 4) is 0 Å². The van der Waals surface area contributed by atoms with E-state index in [2.05, 4.69) is 29.1 Å². The predicted molar refractivity (Wildman–Crippen MR) is 122 cm³/mol. The van der Waals surface area contributed by atoms with Crippen molar-refractivity contribution in [2.24, 2.45) is 29.1 Å². The van der Waals surface area contributed by atoms with E-state index in [9.17, 15) is 14.7 Å². The Kier molecular flexibility index (Phi) is 6.84. The van der Waals surface area contributed by atoms with Crippen molar-refractivity contribution in [1.82, 2.24) is 20.2 Å². The Hall–Kier alpha value is -2.02. The Morgan fingerprint density at radius 2 is 1.81 bits per heavy atom. The van der Waals surface area contributed by atoms with E-state index in [-0.39, 0.29) is 46.9 Å². The van der Waals surface area contributed by atoms with E-state index >= 15 is 0 Å². The van der Waals surface area contributed by atoms with Crippen LogP contribution in [-0.4, -0.2) is 57.0 Å². The highest BCUT2D eigenvalue weighted by Crippen LogP contribution is 2.55. The second-order valence-corrected chi connectivity index (χ2v) is 10.7. The van der Waals surface area contributed by atoms with E-state index in [1.807, 2.05) is 11.8 Å². The zero-order valence-electron chi connectivity index (χ0n) is 19.7. The monoisotopic (exact) mass is 442 g/mol. The highest BCUT2D eigenvalue weighted by Gasteiger charge is 2.54. The lowest BCUT2D eigenvalue weighted by atomic mass is 9.51. The number of aliphatic hydroxyl groups is 1. The third-order valence-electron chi connectivity index (χ3n) is 8.73. The summed E-state index contributed by atoms with van der Waals surface area (Å²) in [6.45, 7) is 8.14. The summed E-state index contributed by atoms with van der Waals surface area (Å²) < 4.78 is 0. The minimum absolute atomic E-state index is 0.0118. The Morgan fingerprint density at radius 1 is 1.16 bits per heavy atom. The van der Waals surface area contributed by atoms with Gasteiger partial charge in [-0.1, -0.05) is 20.8 Å². The SMILES string of the molecule is CC(C(=O)N1CCCCC1)C1CCC2(C)CCC(NC(=O)c3cncnc3)C(C)C2C1O. The topological polar surface area (TPSA) is 95.4 Å². The third-order valence-corrected chi connectivity index (χ3v) is 8.73. The van der Waals surface area contributed by atoms with Crippen molar-refractivity contribution in [3.63, 3.8) is 0 Å². The molecular weight excluding hydrogens is 404 g/mol. The summed E-state index contributed by atoms with van der Waals surface area (Å²) in [6.07, 6.45) is 11.1. The molecule has 176 valence electrons. The first kappa shape index (κ1) is 23.1. The van der Waals surface area contributed by atoms with Crippen LogP contribution in [0.5, 0.6) is 0 Å². The van der Waals surface area contributed by atoms with Crippen LogP contribution in [-0.2, 0) is 4.79 Å². The van der Waals surface area contributed by atoms with Crippen LogP contribution >= 0.6 is 0 Å². The number of likely N-dealkylation sites (tertiary alicyclic amines) is 1. The number of carbonyl (C=O) groups excluding carboxylic acids is 2. The number of nitrogens with one attached hydrogen (secondary N) is 1. The van der Waals surface area contributed by atoms with Crippen LogP contribution in [0.1, 0.15) is 76.1 Å². The minimum atomic E-state index is -0.535. The van der Waals surface area contributed by atoms with E-state index in [1.165, 1.54) is 25.1 Å². The second kappa shape index (κ2) is 9.46. The third kappa shape index (κ3) is 4.41. The van der Waals surface area contributed by atoms with E-state index in [0.717, 1.165) is 51.6 Å². The molecule has 4 rings (SSSR count). The molecule has 7 unspecified atom stereocenters. The van der Waals surface area contributed by atoms with Crippen molar-refractivity contribution in [3.05, 3.63) is 24.3 Å². The molecule has 3 fully saturated rings. The van der Waals surface area contributed by atoms with Crippen LogP contribution in [0.2, 0.25) is 0 Å². The number of carbonyl (C=O) groups is 2. The number of hydrogen-bond donors (Lipinski definition) is 2. The van der Waals surface area contributed by atoms with Crippen LogP contribution in [0.4, 0.5) is 0 Å². The van der Waals surface area contributed by atoms with E-state index in [4.69, 9.17) is 0 Å². The number of aromatic nitrogens is 2. The molecule has 1 aromatic rings. The van der Waals surface area contributed by atoms with Crippen LogP contribution in [0, 0.1) is 29.1 Å². The van der Waals surface area contributed by atoms with Crippen molar-refractivity contribution in [2.45, 2.75) is 77.9 Å². The van der Waals surface area contributed by atoms with Gasteiger partial charge in [-0.3, -0.25) is 9.59 Å². The van der Waals surface area contributed by atoms with Crippen LogP contribution < -0.4 is 5.32 Å². The van der Waals surface area contributed by atoms with Crippen LogP contribution in [0.15, 0.2) is 18.7 Å². The van der Waals surface area contributed by atoms with E-state index in [0.29, 0.717) is 5.56 Å². The lowest BCUT2D eigenvalue weighted by molar-refractivity contribution is -0.150. The van der Waals surface area contributed by atoms with Crippen LogP contribution in [0.25, 0.3) is 0 Å². The molecule has 0 aromatic carbocycles. The normalized spacial score (nSPS) is 36.1. The summed E-state index contributed by atoms with van der Waals surface area (Å²) in [7, 11) is 0. The summed E-state index contributed by atoms with van der Waals surface area (Å²) in [4.78, 5) is 35.8. The molecule has 7 heteroatoms. The minimum Gasteiger partial charge on any atom is -0.392 e. The molecule has 2 saturated carbocycles. The molecule has 3 aliphatic rings. The Labute approximate surface area is 191 Å². The van der Waals surface area contributed by atoms with Gasteiger partial charge in [0, 0.05) is 37.4 Å². The predicted octanol–water partition coefficient (Wildman–Crippen LogP) is 3.05. The first-order valence-electron chi connectivity index (χ1n) is 12.3. The first-order valence-corrected chi connectivity index (χ1v) is 12.3. The zero-order valence-corrected chi connectivity index (χ0v) is 19.7. The lowest BCUT2D eigenvalue weighted by Crippen LogP contribution is -2.58. The molecule has 7 atom stereocenters. The number of rotatable bonds is 4. The molecule has 1 saturated heterocycles. The first-order chi connectivity index (χ1) is 15.3. The molecule has 2 aliphatic carbocycles. The molecule has 0 radical (unpaired) electrons. The molecule has 32 heavy (non-hydrogen) atoms. The Balaban J connectivity index is 1.47. The molecule has 0 bridgehead atoms. The standard InChI is InChI=1S/C25H38N4O3/c1-16(24(32)29-11-5-4-6-12-29)19-7-9-25(3)10-8-20(17(2)21(25)22(19)30)28-23(31)18-13-26-15-27-14-18/h13-17,19-22,30H,4-12H2,1-3H3,(H,28,31). The molecule has 2 heterocycles. The lowest BCUT2D eigenvalue weighted by Gasteiger charge is -2.56.